The van der Waals surface area contributed by atoms with Crippen molar-refractivity contribution >= 4 is 17.3 Å². The number of benzene rings is 1. The van der Waals surface area contributed by atoms with Crippen molar-refractivity contribution in [2.45, 2.75) is 26.8 Å². The number of likely N-dealkylation sites (N-methyl/N-ethyl adjacent to an activating group) is 1. The zero-order chi connectivity index (χ0) is 17.9. The normalized spacial score (nSPS) is 11.8. The zero-order valence-corrected chi connectivity index (χ0v) is 16.3. The molecule has 1 aromatic carbocycles. The first-order valence-electron chi connectivity index (χ1n) is 8.83. The third kappa shape index (κ3) is 7.67. The van der Waals surface area contributed by atoms with Crippen molar-refractivity contribution in [1.82, 2.24) is 20.5 Å². The fourth-order valence-electron chi connectivity index (χ4n) is 2.45. The minimum atomic E-state index is 0.773. The highest BCUT2D eigenvalue weighted by Gasteiger charge is 2.02. The Kier molecular flexibility index (Phi) is 8.42. The highest BCUT2D eigenvalue weighted by atomic mass is 32.1. The number of nitrogens with one attached hydrogen (secondary N) is 2. The molecule has 2 N–H and O–H groups in total. The van der Waals surface area contributed by atoms with E-state index < -0.39 is 0 Å². The van der Waals surface area contributed by atoms with E-state index in [0.717, 1.165) is 45.1 Å². The van der Waals surface area contributed by atoms with Gasteiger partial charge in [0.1, 0.15) is 0 Å². The molecule has 0 atom stereocenters. The summed E-state index contributed by atoms with van der Waals surface area (Å²) >= 11 is 1.76. The molecule has 0 unspecified atom stereocenters. The number of nitrogens with zero attached hydrogens (tertiary/aromatic N) is 3. The van der Waals surface area contributed by atoms with Gasteiger partial charge in [0, 0.05) is 43.7 Å². The fourth-order valence-corrected chi connectivity index (χ4v) is 3.24. The number of hydrogen-bond acceptors (Lipinski definition) is 4. The quantitative estimate of drug-likeness (QED) is 0.534. The number of guanidine groups is 1. The third-order valence-corrected chi connectivity index (χ3v) is 4.66. The SMILES string of the molecule is CCNC(=NCCN(C)Cc1ccccc1)NCCc1ncc(C)s1. The molecule has 0 saturated carbocycles. The fraction of sp³-hybridized carbons (Fsp3) is 0.474. The van der Waals surface area contributed by atoms with Crippen LogP contribution in [0.15, 0.2) is 41.5 Å². The van der Waals surface area contributed by atoms with Gasteiger partial charge in [0.2, 0.25) is 0 Å². The van der Waals surface area contributed by atoms with E-state index in [2.05, 4.69) is 76.7 Å². The Labute approximate surface area is 155 Å². The van der Waals surface area contributed by atoms with Crippen LogP contribution >= 0.6 is 11.3 Å². The van der Waals surface area contributed by atoms with Gasteiger partial charge >= 0.3 is 0 Å². The van der Waals surface area contributed by atoms with Gasteiger partial charge in [0.25, 0.3) is 0 Å². The van der Waals surface area contributed by atoms with Crippen LogP contribution in [0.5, 0.6) is 0 Å². The van der Waals surface area contributed by atoms with E-state index in [9.17, 15) is 0 Å². The predicted molar refractivity (Wildman–Crippen MR) is 107 cm³/mol. The highest BCUT2D eigenvalue weighted by Crippen LogP contribution is 2.10. The Balaban J connectivity index is 1.72. The molecule has 0 radical (unpaired) electrons. The summed E-state index contributed by atoms with van der Waals surface area (Å²) in [7, 11) is 2.13. The van der Waals surface area contributed by atoms with E-state index in [1.54, 1.807) is 11.3 Å². The Hall–Kier alpha value is -1.92. The summed E-state index contributed by atoms with van der Waals surface area (Å²) in [6.45, 7) is 8.53. The average Bonchev–Trinajstić information content (AvgIpc) is 3.01. The molecule has 2 rings (SSSR count). The van der Waals surface area contributed by atoms with Crippen molar-refractivity contribution in [3.63, 3.8) is 0 Å². The van der Waals surface area contributed by atoms with Crippen molar-refractivity contribution in [3.05, 3.63) is 52.0 Å². The van der Waals surface area contributed by atoms with E-state index in [1.807, 2.05) is 6.20 Å². The first-order valence-corrected chi connectivity index (χ1v) is 9.65. The van der Waals surface area contributed by atoms with E-state index in [1.165, 1.54) is 15.4 Å². The molecular weight excluding hydrogens is 330 g/mol. The third-order valence-electron chi connectivity index (χ3n) is 3.69. The molecular formula is C19H29N5S. The van der Waals surface area contributed by atoms with Gasteiger partial charge in [-0.05, 0) is 26.5 Å². The molecule has 0 spiro atoms. The molecule has 6 heteroatoms. The molecule has 1 aromatic heterocycles. The van der Waals surface area contributed by atoms with Crippen molar-refractivity contribution in [3.8, 4) is 0 Å². The highest BCUT2D eigenvalue weighted by molar-refractivity contribution is 7.11. The van der Waals surface area contributed by atoms with Gasteiger partial charge in [-0.25, -0.2) is 4.98 Å². The first kappa shape index (κ1) is 19.4. The van der Waals surface area contributed by atoms with Gasteiger partial charge in [-0.3, -0.25) is 4.99 Å². The van der Waals surface area contributed by atoms with E-state index in [4.69, 9.17) is 0 Å². The average molecular weight is 360 g/mol. The maximum absolute atomic E-state index is 4.67. The monoisotopic (exact) mass is 359 g/mol. The minimum absolute atomic E-state index is 0.773. The number of rotatable bonds is 9. The lowest BCUT2D eigenvalue weighted by atomic mass is 10.2. The van der Waals surface area contributed by atoms with Crippen LogP contribution in [-0.2, 0) is 13.0 Å². The number of aryl methyl sites for hydroxylation is 1. The lowest BCUT2D eigenvalue weighted by molar-refractivity contribution is 0.336. The zero-order valence-electron chi connectivity index (χ0n) is 15.5. The van der Waals surface area contributed by atoms with Gasteiger partial charge in [-0.1, -0.05) is 30.3 Å². The van der Waals surface area contributed by atoms with Crippen LogP contribution in [0.3, 0.4) is 0 Å². The summed E-state index contributed by atoms with van der Waals surface area (Å²) in [6, 6.07) is 10.5. The van der Waals surface area contributed by atoms with Crippen LogP contribution in [0.2, 0.25) is 0 Å². The molecule has 136 valence electrons. The molecule has 1 heterocycles. The number of thiazole rings is 1. The minimum Gasteiger partial charge on any atom is -0.357 e. The van der Waals surface area contributed by atoms with Crippen molar-refractivity contribution < 1.29 is 0 Å². The van der Waals surface area contributed by atoms with E-state index in [0.29, 0.717) is 0 Å². The van der Waals surface area contributed by atoms with Crippen molar-refractivity contribution in [2.24, 2.45) is 4.99 Å². The molecule has 0 aliphatic rings. The van der Waals surface area contributed by atoms with Gasteiger partial charge in [0.05, 0.1) is 11.6 Å². The Morgan fingerprint density at radius 2 is 2.04 bits per heavy atom. The van der Waals surface area contributed by atoms with Crippen LogP contribution in [0, 0.1) is 6.92 Å². The lowest BCUT2D eigenvalue weighted by Gasteiger charge is -2.16. The maximum Gasteiger partial charge on any atom is 0.191 e. The Morgan fingerprint density at radius 3 is 2.72 bits per heavy atom. The van der Waals surface area contributed by atoms with Crippen LogP contribution in [0.25, 0.3) is 0 Å². The van der Waals surface area contributed by atoms with E-state index in [-0.39, 0.29) is 0 Å². The number of aliphatic imine (C=N–C) groups is 1. The van der Waals surface area contributed by atoms with Crippen LogP contribution < -0.4 is 10.6 Å². The second-order valence-electron chi connectivity index (χ2n) is 6.03. The van der Waals surface area contributed by atoms with Crippen molar-refractivity contribution in [2.75, 3.05) is 33.2 Å². The molecule has 0 bridgehead atoms. The molecule has 0 aliphatic heterocycles. The summed E-state index contributed by atoms with van der Waals surface area (Å²) in [4.78, 5) is 12.6. The van der Waals surface area contributed by atoms with Gasteiger partial charge < -0.3 is 15.5 Å². The number of aromatic nitrogens is 1. The van der Waals surface area contributed by atoms with Crippen molar-refractivity contribution in [1.29, 1.82) is 0 Å². The smallest absolute Gasteiger partial charge is 0.191 e. The summed E-state index contributed by atoms with van der Waals surface area (Å²) in [5.41, 5.74) is 1.33. The molecule has 0 aliphatic carbocycles. The van der Waals surface area contributed by atoms with Crippen LogP contribution in [-0.4, -0.2) is 49.1 Å². The second-order valence-corrected chi connectivity index (χ2v) is 7.34. The van der Waals surface area contributed by atoms with Gasteiger partial charge in [-0.15, -0.1) is 11.3 Å². The summed E-state index contributed by atoms with van der Waals surface area (Å²) < 4.78 is 0. The van der Waals surface area contributed by atoms with Crippen LogP contribution in [0.4, 0.5) is 0 Å². The first-order chi connectivity index (χ1) is 12.2. The molecule has 0 saturated heterocycles. The lowest BCUT2D eigenvalue weighted by Crippen LogP contribution is -2.38. The topological polar surface area (TPSA) is 52.6 Å². The molecule has 25 heavy (non-hydrogen) atoms. The predicted octanol–water partition coefficient (Wildman–Crippen LogP) is 2.68. The standard InChI is InChI=1S/C19H29N5S/c1-4-20-19(21-11-10-18-23-14-16(2)25-18)22-12-13-24(3)15-17-8-6-5-7-9-17/h5-9,14H,4,10-13,15H2,1-3H3,(H2,20,21,22). The summed E-state index contributed by atoms with van der Waals surface area (Å²) in [6.07, 6.45) is 2.86. The van der Waals surface area contributed by atoms with Gasteiger partial charge in [-0.2, -0.15) is 0 Å². The largest absolute Gasteiger partial charge is 0.357 e. The Bertz CT molecular complexity index is 638. The maximum atomic E-state index is 4.67. The number of hydrogen-bond donors (Lipinski definition) is 2. The van der Waals surface area contributed by atoms with Crippen LogP contribution in [0.1, 0.15) is 22.4 Å². The molecule has 5 nitrogen and oxygen atoms in total. The molecule has 0 fully saturated rings. The van der Waals surface area contributed by atoms with Gasteiger partial charge in [0.15, 0.2) is 5.96 Å². The second kappa shape index (κ2) is 10.8. The summed E-state index contributed by atoms with van der Waals surface area (Å²) in [5, 5.41) is 7.86. The summed E-state index contributed by atoms with van der Waals surface area (Å²) in [5.74, 6) is 0.879. The molecule has 0 amide bonds. The molecule has 2 aromatic rings. The van der Waals surface area contributed by atoms with E-state index >= 15 is 0 Å². The Morgan fingerprint density at radius 1 is 1.24 bits per heavy atom.